The lowest BCUT2D eigenvalue weighted by Crippen LogP contribution is -2.12. The topological polar surface area (TPSA) is 17.0 Å². The maximum atomic E-state index is 3.54. The van der Waals surface area contributed by atoms with Crippen LogP contribution in [0.5, 0.6) is 0 Å². The molecular formula is C22H22N2. The molecule has 1 heterocycles. The van der Waals surface area contributed by atoms with Gasteiger partial charge in [0.2, 0.25) is 0 Å². The number of rotatable bonds is 5. The Hall–Kier alpha value is -2.58. The third kappa shape index (κ3) is 2.70. The van der Waals surface area contributed by atoms with Crippen molar-refractivity contribution in [1.29, 1.82) is 0 Å². The second-order valence-electron chi connectivity index (χ2n) is 6.20. The minimum Gasteiger partial charge on any atom is -0.341 e. The van der Waals surface area contributed by atoms with Crippen LogP contribution in [0, 0.1) is 0 Å². The van der Waals surface area contributed by atoms with E-state index in [1.165, 1.54) is 32.9 Å². The van der Waals surface area contributed by atoms with Crippen LogP contribution in [0.15, 0.2) is 72.8 Å². The number of nitrogens with zero attached hydrogens (tertiary/aromatic N) is 1. The molecule has 0 aliphatic heterocycles. The van der Waals surface area contributed by atoms with E-state index in [1.807, 2.05) is 0 Å². The lowest BCUT2D eigenvalue weighted by atomic mass is 10.1. The molecule has 1 aromatic heterocycles. The van der Waals surface area contributed by atoms with Crippen LogP contribution in [0.1, 0.15) is 18.1 Å². The van der Waals surface area contributed by atoms with Gasteiger partial charge in [0, 0.05) is 41.4 Å². The molecule has 0 aliphatic carbocycles. The van der Waals surface area contributed by atoms with Crippen molar-refractivity contribution >= 4 is 21.8 Å². The number of aryl methyl sites for hydroxylation is 1. The zero-order valence-corrected chi connectivity index (χ0v) is 14.0. The molecule has 2 nitrogen and oxygen atoms in total. The second-order valence-corrected chi connectivity index (χ2v) is 6.20. The van der Waals surface area contributed by atoms with Crippen LogP contribution >= 0.6 is 0 Å². The van der Waals surface area contributed by atoms with Crippen molar-refractivity contribution in [2.24, 2.45) is 0 Å². The molecule has 0 bridgehead atoms. The Bertz CT molecular complexity index is 967. The molecule has 3 aromatic carbocycles. The average Bonchev–Trinajstić information content (AvgIpc) is 2.96. The van der Waals surface area contributed by atoms with E-state index >= 15 is 0 Å². The van der Waals surface area contributed by atoms with Crippen LogP contribution in [-0.2, 0) is 19.6 Å². The van der Waals surface area contributed by atoms with Gasteiger partial charge in [0.15, 0.2) is 0 Å². The lowest BCUT2D eigenvalue weighted by Gasteiger charge is -2.06. The summed E-state index contributed by atoms with van der Waals surface area (Å²) in [5.41, 5.74) is 5.30. The number of hydrogen-bond donors (Lipinski definition) is 1. The van der Waals surface area contributed by atoms with Gasteiger partial charge >= 0.3 is 0 Å². The molecular weight excluding hydrogens is 292 g/mol. The van der Waals surface area contributed by atoms with Crippen molar-refractivity contribution in [1.82, 2.24) is 9.88 Å². The molecule has 0 spiro atoms. The fraction of sp³-hybridized carbons (Fsp3) is 0.182. The Morgan fingerprint density at radius 2 is 1.42 bits per heavy atom. The quantitative estimate of drug-likeness (QED) is 0.542. The van der Waals surface area contributed by atoms with Gasteiger partial charge < -0.3 is 9.88 Å². The third-order valence-corrected chi connectivity index (χ3v) is 4.65. The molecule has 0 amide bonds. The normalized spacial score (nSPS) is 11.4. The Balaban J connectivity index is 1.62. The Morgan fingerprint density at radius 3 is 2.25 bits per heavy atom. The molecule has 0 radical (unpaired) electrons. The maximum absolute atomic E-state index is 3.54. The molecule has 4 rings (SSSR count). The first-order valence-electron chi connectivity index (χ1n) is 8.61. The van der Waals surface area contributed by atoms with Gasteiger partial charge in [-0.25, -0.2) is 0 Å². The van der Waals surface area contributed by atoms with E-state index in [0.717, 1.165) is 19.6 Å². The van der Waals surface area contributed by atoms with Gasteiger partial charge in [0.25, 0.3) is 0 Å². The van der Waals surface area contributed by atoms with Crippen LogP contribution in [0.3, 0.4) is 0 Å². The second kappa shape index (κ2) is 6.50. The van der Waals surface area contributed by atoms with Gasteiger partial charge in [-0.3, -0.25) is 0 Å². The molecule has 0 unspecified atom stereocenters. The number of para-hydroxylation sites is 1. The van der Waals surface area contributed by atoms with Gasteiger partial charge in [0.1, 0.15) is 0 Å². The summed E-state index contributed by atoms with van der Waals surface area (Å²) in [6.07, 6.45) is 0. The number of hydrogen-bond acceptors (Lipinski definition) is 1. The standard InChI is InChI=1S/C22H22N2/c1-2-24-21-11-7-6-10-19(21)20-14-18(12-13-22(20)24)16-23-15-17-8-4-3-5-9-17/h3-14,23H,2,15-16H2,1H3. The monoisotopic (exact) mass is 314 g/mol. The predicted molar refractivity (Wildman–Crippen MR) is 102 cm³/mol. The molecule has 2 heteroatoms. The number of fused-ring (bicyclic) bond motifs is 3. The van der Waals surface area contributed by atoms with Crippen LogP contribution in [0.2, 0.25) is 0 Å². The van der Waals surface area contributed by atoms with E-state index in [-0.39, 0.29) is 0 Å². The Morgan fingerprint density at radius 1 is 0.708 bits per heavy atom. The van der Waals surface area contributed by atoms with Gasteiger partial charge in [-0.15, -0.1) is 0 Å². The summed E-state index contributed by atoms with van der Waals surface area (Å²) in [6.45, 7) is 4.99. The molecule has 0 saturated carbocycles. The SMILES string of the molecule is CCn1c2ccccc2c2cc(CNCc3ccccc3)ccc21. The average molecular weight is 314 g/mol. The largest absolute Gasteiger partial charge is 0.341 e. The third-order valence-electron chi connectivity index (χ3n) is 4.65. The van der Waals surface area contributed by atoms with Crippen molar-refractivity contribution in [2.45, 2.75) is 26.6 Å². The first-order chi connectivity index (χ1) is 11.9. The predicted octanol–water partition coefficient (Wildman–Crippen LogP) is 5.10. The smallest absolute Gasteiger partial charge is 0.0491 e. The van der Waals surface area contributed by atoms with Crippen molar-refractivity contribution in [3.8, 4) is 0 Å². The summed E-state index contributed by atoms with van der Waals surface area (Å²) in [5, 5.41) is 6.24. The number of nitrogens with one attached hydrogen (secondary N) is 1. The van der Waals surface area contributed by atoms with E-state index < -0.39 is 0 Å². The minimum atomic E-state index is 0.885. The summed E-state index contributed by atoms with van der Waals surface area (Å²) in [5.74, 6) is 0. The first kappa shape index (κ1) is 15.0. The van der Waals surface area contributed by atoms with Crippen LogP contribution in [0.4, 0.5) is 0 Å². The highest BCUT2D eigenvalue weighted by Gasteiger charge is 2.09. The summed E-state index contributed by atoms with van der Waals surface area (Å²) >= 11 is 0. The van der Waals surface area contributed by atoms with E-state index in [1.54, 1.807) is 0 Å². The highest BCUT2D eigenvalue weighted by atomic mass is 15.0. The summed E-state index contributed by atoms with van der Waals surface area (Å²) in [4.78, 5) is 0. The first-order valence-corrected chi connectivity index (χ1v) is 8.61. The van der Waals surface area contributed by atoms with Crippen molar-refractivity contribution in [3.63, 3.8) is 0 Å². The molecule has 120 valence electrons. The lowest BCUT2D eigenvalue weighted by molar-refractivity contribution is 0.694. The van der Waals surface area contributed by atoms with Gasteiger partial charge in [0.05, 0.1) is 0 Å². The van der Waals surface area contributed by atoms with Crippen molar-refractivity contribution in [3.05, 3.63) is 83.9 Å². The van der Waals surface area contributed by atoms with Crippen LogP contribution in [0.25, 0.3) is 21.8 Å². The molecule has 1 N–H and O–H groups in total. The fourth-order valence-corrected chi connectivity index (χ4v) is 3.50. The molecule has 0 aliphatic rings. The summed E-state index contributed by atoms with van der Waals surface area (Å²) in [7, 11) is 0. The number of aromatic nitrogens is 1. The molecule has 0 fully saturated rings. The number of benzene rings is 3. The summed E-state index contributed by atoms with van der Waals surface area (Å²) in [6, 6.07) is 26.1. The molecule has 4 aromatic rings. The molecule has 24 heavy (non-hydrogen) atoms. The zero-order valence-electron chi connectivity index (χ0n) is 14.0. The molecule has 0 saturated heterocycles. The summed E-state index contributed by atoms with van der Waals surface area (Å²) < 4.78 is 2.39. The fourth-order valence-electron chi connectivity index (χ4n) is 3.50. The van der Waals surface area contributed by atoms with E-state index in [4.69, 9.17) is 0 Å². The highest BCUT2D eigenvalue weighted by molar-refractivity contribution is 6.08. The van der Waals surface area contributed by atoms with Gasteiger partial charge in [-0.2, -0.15) is 0 Å². The zero-order chi connectivity index (χ0) is 16.4. The Labute approximate surface area is 142 Å². The van der Waals surface area contributed by atoms with Crippen molar-refractivity contribution < 1.29 is 0 Å². The van der Waals surface area contributed by atoms with E-state index in [9.17, 15) is 0 Å². The minimum absolute atomic E-state index is 0.885. The highest BCUT2D eigenvalue weighted by Crippen LogP contribution is 2.29. The Kier molecular flexibility index (Phi) is 4.06. The molecule has 0 atom stereocenters. The van der Waals surface area contributed by atoms with Gasteiger partial charge in [-0.05, 0) is 36.2 Å². The van der Waals surface area contributed by atoms with Gasteiger partial charge in [-0.1, -0.05) is 54.6 Å². The van der Waals surface area contributed by atoms with Crippen LogP contribution in [-0.4, -0.2) is 4.57 Å². The maximum Gasteiger partial charge on any atom is 0.0491 e. The van der Waals surface area contributed by atoms with E-state index in [0.29, 0.717) is 0 Å². The van der Waals surface area contributed by atoms with Crippen molar-refractivity contribution in [2.75, 3.05) is 0 Å². The van der Waals surface area contributed by atoms with E-state index in [2.05, 4.69) is 89.6 Å². The van der Waals surface area contributed by atoms with Crippen LogP contribution < -0.4 is 5.32 Å².